The summed E-state index contributed by atoms with van der Waals surface area (Å²) in [5, 5.41) is 32.8. The van der Waals surface area contributed by atoms with Crippen molar-refractivity contribution in [1.29, 1.82) is 0 Å². The normalized spacial score (nSPS) is 63.7. The van der Waals surface area contributed by atoms with E-state index in [2.05, 4.69) is 27.7 Å². The van der Waals surface area contributed by atoms with Gasteiger partial charge in [0.1, 0.15) is 0 Å². The number of rotatable bonds is 0. The summed E-state index contributed by atoms with van der Waals surface area (Å²) in [6.45, 7) is 11.3. The van der Waals surface area contributed by atoms with E-state index in [-0.39, 0.29) is 28.3 Å². The maximum Gasteiger partial charge on any atom is 0.0675 e. The van der Waals surface area contributed by atoms with E-state index < -0.39 is 11.7 Å². The third-order valence-corrected chi connectivity index (χ3v) is 9.27. The van der Waals surface area contributed by atoms with Gasteiger partial charge in [-0.1, -0.05) is 27.7 Å². The minimum atomic E-state index is -0.758. The van der Waals surface area contributed by atoms with E-state index in [1.54, 1.807) is 0 Å². The molecule has 3 heteroatoms. The van der Waals surface area contributed by atoms with E-state index in [0.717, 1.165) is 32.1 Å². The average Bonchev–Trinajstić information content (AvgIpc) is 2.67. The fourth-order valence-corrected chi connectivity index (χ4v) is 8.46. The third-order valence-electron chi connectivity index (χ3n) is 9.27. The summed E-state index contributed by atoms with van der Waals surface area (Å²) in [5.74, 6) is 1.10. The Morgan fingerprint density at radius 2 is 1.57 bits per heavy atom. The summed E-state index contributed by atoms with van der Waals surface area (Å²) < 4.78 is 0. The highest BCUT2D eigenvalue weighted by Gasteiger charge is 2.75. The van der Waals surface area contributed by atoms with Crippen LogP contribution in [0.15, 0.2) is 0 Å². The molecule has 0 saturated heterocycles. The van der Waals surface area contributed by atoms with Crippen molar-refractivity contribution in [2.75, 3.05) is 0 Å². The Morgan fingerprint density at radius 1 is 0.913 bits per heavy atom. The molecule has 3 N–H and O–H groups in total. The van der Waals surface area contributed by atoms with Gasteiger partial charge in [0.15, 0.2) is 0 Å². The highest BCUT2D eigenvalue weighted by Crippen LogP contribution is 2.78. The Kier molecular flexibility index (Phi) is 3.09. The zero-order chi connectivity index (χ0) is 17.0. The Balaban J connectivity index is 1.94. The number of aliphatic hydroxyl groups excluding tert-OH is 2. The van der Waals surface area contributed by atoms with Crippen LogP contribution in [0, 0.1) is 39.9 Å². The summed E-state index contributed by atoms with van der Waals surface area (Å²) in [6.07, 6.45) is 3.83. The van der Waals surface area contributed by atoms with Crippen LogP contribution < -0.4 is 0 Å². The van der Waals surface area contributed by atoms with E-state index in [1.807, 2.05) is 6.92 Å². The molecule has 0 unspecified atom stereocenters. The molecular weight excluding hydrogens is 288 g/mol. The van der Waals surface area contributed by atoms with Gasteiger partial charge in [0.25, 0.3) is 0 Å². The summed E-state index contributed by atoms with van der Waals surface area (Å²) in [6, 6.07) is 0. The second-order valence-electron chi connectivity index (χ2n) is 10.6. The molecule has 1 spiro atoms. The van der Waals surface area contributed by atoms with Gasteiger partial charge in [0.05, 0.1) is 17.8 Å². The third kappa shape index (κ3) is 1.67. The van der Waals surface area contributed by atoms with E-state index in [1.165, 1.54) is 0 Å². The van der Waals surface area contributed by atoms with Crippen molar-refractivity contribution in [2.24, 2.45) is 39.9 Å². The number of hydrogen-bond donors (Lipinski definition) is 3. The molecule has 4 aliphatic rings. The summed E-state index contributed by atoms with van der Waals surface area (Å²) in [7, 11) is 0. The SMILES string of the molecule is C[C@@H]1C[C@H](O)[C@@H]2C[C@]3(C)C[C@@H](O)[C@H]4[C@H]3[C@]1(CC[C@]4(C)O)C2(C)C. The first-order chi connectivity index (χ1) is 10.5. The predicted molar refractivity (Wildman–Crippen MR) is 89.7 cm³/mol. The van der Waals surface area contributed by atoms with Gasteiger partial charge in [0, 0.05) is 5.92 Å². The van der Waals surface area contributed by atoms with Crippen molar-refractivity contribution < 1.29 is 15.3 Å². The Bertz CT molecular complexity index is 527. The van der Waals surface area contributed by atoms with Crippen LogP contribution in [-0.4, -0.2) is 33.1 Å². The van der Waals surface area contributed by atoms with Crippen molar-refractivity contribution >= 4 is 0 Å². The molecule has 132 valence electrons. The van der Waals surface area contributed by atoms with Crippen LogP contribution in [0.2, 0.25) is 0 Å². The molecule has 9 atom stereocenters. The molecule has 4 aliphatic carbocycles. The van der Waals surface area contributed by atoms with Crippen molar-refractivity contribution in [2.45, 2.75) is 84.5 Å². The smallest absolute Gasteiger partial charge is 0.0675 e. The first kappa shape index (κ1) is 16.4. The highest BCUT2D eigenvalue weighted by molar-refractivity contribution is 5.24. The topological polar surface area (TPSA) is 60.7 Å². The highest BCUT2D eigenvalue weighted by atomic mass is 16.3. The Hall–Kier alpha value is -0.120. The Morgan fingerprint density at radius 3 is 2.22 bits per heavy atom. The van der Waals surface area contributed by atoms with Crippen molar-refractivity contribution in [3.8, 4) is 0 Å². The number of fused-ring (bicyclic) bond motifs is 1. The minimum absolute atomic E-state index is 0.0147. The molecule has 0 aromatic carbocycles. The zero-order valence-corrected chi connectivity index (χ0v) is 15.3. The molecule has 4 rings (SSSR count). The lowest BCUT2D eigenvalue weighted by Gasteiger charge is -2.72. The van der Waals surface area contributed by atoms with Crippen LogP contribution in [0.5, 0.6) is 0 Å². The van der Waals surface area contributed by atoms with Gasteiger partial charge in [-0.3, -0.25) is 0 Å². The molecular formula is C20H34O3. The van der Waals surface area contributed by atoms with Crippen LogP contribution in [0.25, 0.3) is 0 Å². The molecule has 3 nitrogen and oxygen atoms in total. The largest absolute Gasteiger partial charge is 0.393 e. The second kappa shape index (κ2) is 4.34. The van der Waals surface area contributed by atoms with Crippen LogP contribution >= 0.6 is 0 Å². The molecule has 0 amide bonds. The molecule has 23 heavy (non-hydrogen) atoms. The lowest BCUT2D eigenvalue weighted by atomic mass is 9.32. The average molecular weight is 322 g/mol. The fraction of sp³-hybridized carbons (Fsp3) is 1.00. The lowest BCUT2D eigenvalue weighted by molar-refractivity contribution is -0.276. The molecule has 0 aromatic rings. The quantitative estimate of drug-likeness (QED) is 0.642. The Labute approximate surface area is 140 Å². The second-order valence-corrected chi connectivity index (χ2v) is 10.6. The maximum absolute atomic E-state index is 11.1. The van der Waals surface area contributed by atoms with Crippen molar-refractivity contribution in [3.63, 3.8) is 0 Å². The van der Waals surface area contributed by atoms with E-state index in [4.69, 9.17) is 0 Å². The lowest BCUT2D eigenvalue weighted by Crippen LogP contribution is -2.70. The van der Waals surface area contributed by atoms with Crippen LogP contribution in [0.1, 0.15) is 66.7 Å². The first-order valence-corrected chi connectivity index (χ1v) is 9.56. The standard InChI is InChI=1S/C20H34O3/c1-11-8-13(21)12-9-18(4)10-14(22)15-16(18)20(11,17(12,2)3)7-6-19(15,5)23/h11-16,21-23H,6-10H2,1-5H3/t11-,12+,13+,14-,15+,16-,18-,19+,20-/m1/s1. The summed E-state index contributed by atoms with van der Waals surface area (Å²) >= 11 is 0. The molecule has 2 bridgehead atoms. The predicted octanol–water partition coefficient (Wildman–Crippen LogP) is 2.97. The van der Waals surface area contributed by atoms with Gasteiger partial charge in [-0.25, -0.2) is 0 Å². The van der Waals surface area contributed by atoms with Gasteiger partial charge < -0.3 is 15.3 Å². The first-order valence-electron chi connectivity index (χ1n) is 9.56. The molecule has 0 aliphatic heterocycles. The zero-order valence-electron chi connectivity index (χ0n) is 15.3. The fourth-order valence-electron chi connectivity index (χ4n) is 8.46. The molecule has 0 radical (unpaired) electrons. The van der Waals surface area contributed by atoms with Gasteiger partial charge in [0.2, 0.25) is 0 Å². The summed E-state index contributed by atoms with van der Waals surface area (Å²) in [4.78, 5) is 0. The van der Waals surface area contributed by atoms with Gasteiger partial charge in [-0.2, -0.15) is 0 Å². The van der Waals surface area contributed by atoms with Crippen LogP contribution in [-0.2, 0) is 0 Å². The molecule has 0 aromatic heterocycles. The number of aliphatic hydroxyl groups is 3. The van der Waals surface area contributed by atoms with Crippen LogP contribution in [0.3, 0.4) is 0 Å². The van der Waals surface area contributed by atoms with Gasteiger partial charge in [-0.15, -0.1) is 0 Å². The van der Waals surface area contributed by atoms with Crippen molar-refractivity contribution in [1.82, 2.24) is 0 Å². The number of hydrogen-bond acceptors (Lipinski definition) is 3. The van der Waals surface area contributed by atoms with E-state index in [0.29, 0.717) is 17.8 Å². The maximum atomic E-state index is 11.1. The summed E-state index contributed by atoms with van der Waals surface area (Å²) in [5.41, 5.74) is -0.516. The minimum Gasteiger partial charge on any atom is -0.393 e. The molecule has 0 heterocycles. The van der Waals surface area contributed by atoms with Crippen LogP contribution in [0.4, 0.5) is 0 Å². The van der Waals surface area contributed by atoms with Crippen molar-refractivity contribution in [3.05, 3.63) is 0 Å². The monoisotopic (exact) mass is 322 g/mol. The van der Waals surface area contributed by atoms with Gasteiger partial charge >= 0.3 is 0 Å². The van der Waals surface area contributed by atoms with E-state index in [9.17, 15) is 15.3 Å². The van der Waals surface area contributed by atoms with Gasteiger partial charge in [-0.05, 0) is 73.0 Å². The van der Waals surface area contributed by atoms with E-state index >= 15 is 0 Å². The molecule has 4 saturated carbocycles. The molecule has 4 fully saturated rings.